The summed E-state index contributed by atoms with van der Waals surface area (Å²) in [6.07, 6.45) is 8.80. The van der Waals surface area contributed by atoms with Crippen molar-refractivity contribution in [1.29, 1.82) is 0 Å². The number of hydrogen-bond donors (Lipinski definition) is 0. The molecule has 0 aliphatic carbocycles. The number of anilines is 1. The summed E-state index contributed by atoms with van der Waals surface area (Å²) in [6, 6.07) is 26.0. The topological polar surface area (TPSA) is 35.2 Å². The molecule has 5 rings (SSSR count). The molecule has 0 spiro atoms. The number of benzene rings is 3. The van der Waals surface area contributed by atoms with E-state index in [-0.39, 0.29) is 27.1 Å². The van der Waals surface area contributed by atoms with Crippen LogP contribution >= 0.6 is 0 Å². The molecule has 1 aromatic heterocycles. The molecule has 0 saturated carbocycles. The Kier molecular flexibility index (Phi) is 6.97. The van der Waals surface area contributed by atoms with E-state index < -0.39 is 0 Å². The SMILES string of the molecule is Cc1cccc(C)c1-n1cnc(-c2[c-]c(Cc3[c-]c(N4C=CC(C)[N-]4)ccc3)ccc2)c1.[Pt]. The van der Waals surface area contributed by atoms with Crippen LogP contribution < -0.4 is 5.01 Å². The Morgan fingerprint density at radius 2 is 1.64 bits per heavy atom. The Hall–Kier alpha value is -2.94. The normalized spacial score (nSPS) is 15.0. The summed E-state index contributed by atoms with van der Waals surface area (Å²) < 4.78 is 2.10. The minimum atomic E-state index is 0. The van der Waals surface area contributed by atoms with Crippen molar-refractivity contribution in [3.63, 3.8) is 0 Å². The summed E-state index contributed by atoms with van der Waals surface area (Å²) in [5.74, 6) is 0. The molecule has 1 aliphatic rings. The summed E-state index contributed by atoms with van der Waals surface area (Å²) in [5.41, 5.74) is 13.3. The molecule has 2 heterocycles. The molecule has 0 amide bonds. The maximum atomic E-state index is 4.66. The van der Waals surface area contributed by atoms with E-state index >= 15 is 0 Å². The molecule has 1 aliphatic heterocycles. The summed E-state index contributed by atoms with van der Waals surface area (Å²) in [6.45, 7) is 6.33. The van der Waals surface area contributed by atoms with Gasteiger partial charge in [-0.1, -0.05) is 36.9 Å². The Bertz CT molecular complexity index is 1270. The maximum absolute atomic E-state index is 4.66. The number of aromatic nitrogens is 2. The molecule has 0 N–H and O–H groups in total. The van der Waals surface area contributed by atoms with Crippen LogP contribution in [0.15, 0.2) is 79.4 Å². The van der Waals surface area contributed by atoms with E-state index in [0.717, 1.165) is 34.5 Å². The van der Waals surface area contributed by atoms with Crippen LogP contribution in [0.25, 0.3) is 22.4 Å². The predicted molar refractivity (Wildman–Crippen MR) is 130 cm³/mol. The summed E-state index contributed by atoms with van der Waals surface area (Å²) in [5, 5.41) is 1.90. The Morgan fingerprint density at radius 1 is 0.939 bits per heavy atom. The molecule has 33 heavy (non-hydrogen) atoms. The van der Waals surface area contributed by atoms with Gasteiger partial charge < -0.3 is 15.0 Å². The zero-order chi connectivity index (χ0) is 22.1. The van der Waals surface area contributed by atoms with E-state index in [0.29, 0.717) is 0 Å². The molecule has 1 unspecified atom stereocenters. The molecular weight excluding hydrogens is 587 g/mol. The van der Waals surface area contributed by atoms with E-state index in [1.165, 1.54) is 16.8 Å². The van der Waals surface area contributed by atoms with E-state index in [2.05, 4.69) is 109 Å². The minimum Gasteiger partial charge on any atom is -0.559 e. The second-order valence-electron chi connectivity index (χ2n) is 8.28. The smallest absolute Gasteiger partial charge is 0.0883 e. The third-order valence-corrected chi connectivity index (χ3v) is 5.69. The fraction of sp³-hybridized carbons (Fsp3) is 0.179. The Balaban J connectivity index is 0.00000259. The molecule has 0 radical (unpaired) electrons. The number of hydrogen-bond acceptors (Lipinski definition) is 2. The van der Waals surface area contributed by atoms with Crippen molar-refractivity contribution >= 4 is 5.69 Å². The van der Waals surface area contributed by atoms with Crippen molar-refractivity contribution in [1.82, 2.24) is 9.55 Å². The van der Waals surface area contributed by atoms with Crippen molar-refractivity contribution in [3.8, 4) is 16.9 Å². The largest absolute Gasteiger partial charge is 0.559 e. The van der Waals surface area contributed by atoms with Gasteiger partial charge in [-0.05, 0) is 43.8 Å². The number of imidazole rings is 1. The number of para-hydroxylation sites is 1. The van der Waals surface area contributed by atoms with Crippen LogP contribution in [0.4, 0.5) is 5.69 Å². The quantitative estimate of drug-likeness (QED) is 0.246. The maximum Gasteiger partial charge on any atom is 0.0883 e. The summed E-state index contributed by atoms with van der Waals surface area (Å²) >= 11 is 0. The van der Waals surface area contributed by atoms with Gasteiger partial charge in [0.1, 0.15) is 0 Å². The van der Waals surface area contributed by atoms with Crippen LogP contribution in [0.1, 0.15) is 29.2 Å². The van der Waals surface area contributed by atoms with E-state index in [1.54, 1.807) is 0 Å². The van der Waals surface area contributed by atoms with Gasteiger partial charge in [-0.2, -0.15) is 23.8 Å². The first kappa shape index (κ1) is 23.2. The number of aryl methyl sites for hydroxylation is 2. The van der Waals surface area contributed by atoms with Gasteiger partial charge in [0.15, 0.2) is 0 Å². The Labute approximate surface area is 210 Å². The first-order chi connectivity index (χ1) is 15.6. The van der Waals surface area contributed by atoms with Gasteiger partial charge in [-0.25, -0.2) is 0 Å². The fourth-order valence-electron chi connectivity index (χ4n) is 4.13. The Morgan fingerprint density at radius 3 is 2.36 bits per heavy atom. The summed E-state index contributed by atoms with van der Waals surface area (Å²) in [7, 11) is 0. The molecule has 0 bridgehead atoms. The first-order valence-corrected chi connectivity index (χ1v) is 10.9. The summed E-state index contributed by atoms with van der Waals surface area (Å²) in [4.78, 5) is 4.66. The van der Waals surface area contributed by atoms with Gasteiger partial charge in [0.05, 0.1) is 12.0 Å². The predicted octanol–water partition coefficient (Wildman–Crippen LogP) is 6.36. The second kappa shape index (κ2) is 9.91. The van der Waals surface area contributed by atoms with Crippen LogP contribution in [0.3, 0.4) is 0 Å². The van der Waals surface area contributed by atoms with Gasteiger partial charge in [0, 0.05) is 26.8 Å². The number of nitrogens with zero attached hydrogens (tertiary/aromatic N) is 4. The molecule has 0 fully saturated rings. The molecular formula is C28H25N4Pt-3. The van der Waals surface area contributed by atoms with E-state index in [9.17, 15) is 0 Å². The van der Waals surface area contributed by atoms with E-state index in [4.69, 9.17) is 0 Å². The zero-order valence-corrected chi connectivity index (χ0v) is 21.2. The van der Waals surface area contributed by atoms with Gasteiger partial charge in [-0.3, -0.25) is 4.98 Å². The average Bonchev–Trinajstić information content (AvgIpc) is 3.44. The van der Waals surface area contributed by atoms with Crippen molar-refractivity contribution in [2.75, 3.05) is 5.01 Å². The zero-order valence-electron chi connectivity index (χ0n) is 18.9. The van der Waals surface area contributed by atoms with Crippen LogP contribution in [-0.4, -0.2) is 15.6 Å². The van der Waals surface area contributed by atoms with Gasteiger partial charge in [0.2, 0.25) is 0 Å². The molecule has 170 valence electrons. The fourth-order valence-corrected chi connectivity index (χ4v) is 4.13. The first-order valence-electron chi connectivity index (χ1n) is 10.9. The van der Waals surface area contributed by atoms with Crippen molar-refractivity contribution in [2.24, 2.45) is 0 Å². The van der Waals surface area contributed by atoms with Crippen LogP contribution in [0.5, 0.6) is 0 Å². The minimum absolute atomic E-state index is 0. The second-order valence-corrected chi connectivity index (χ2v) is 8.28. The molecule has 3 aromatic carbocycles. The monoisotopic (exact) mass is 612 g/mol. The van der Waals surface area contributed by atoms with E-state index in [1.807, 2.05) is 23.6 Å². The number of rotatable bonds is 5. The molecule has 5 heteroatoms. The standard InChI is InChI=1S/C28H25N4.Pt/c1-20-7-4-8-21(2)28(20)31-18-27(29-19-31)25-11-5-9-23(16-25)15-24-10-6-12-26(17-24)32-14-13-22(3)30-32;/h4-14,18-19,22H,15H2,1-3H3;/q-3;. The van der Waals surface area contributed by atoms with Crippen LogP contribution in [-0.2, 0) is 27.5 Å². The van der Waals surface area contributed by atoms with Gasteiger partial charge in [-0.15, -0.1) is 47.5 Å². The average molecular weight is 613 g/mol. The molecule has 1 atom stereocenters. The van der Waals surface area contributed by atoms with Gasteiger partial charge >= 0.3 is 0 Å². The van der Waals surface area contributed by atoms with Gasteiger partial charge in [0.25, 0.3) is 0 Å². The third-order valence-electron chi connectivity index (χ3n) is 5.69. The molecule has 0 saturated heterocycles. The van der Waals surface area contributed by atoms with Crippen LogP contribution in [0.2, 0.25) is 0 Å². The van der Waals surface area contributed by atoms with Crippen LogP contribution in [0, 0.1) is 26.0 Å². The van der Waals surface area contributed by atoms with Crippen molar-refractivity contribution in [3.05, 3.63) is 119 Å². The van der Waals surface area contributed by atoms with Crippen molar-refractivity contribution < 1.29 is 21.1 Å². The molecule has 4 nitrogen and oxygen atoms in total. The van der Waals surface area contributed by atoms with Crippen molar-refractivity contribution in [2.45, 2.75) is 33.2 Å². The molecule has 4 aromatic rings. The third kappa shape index (κ3) is 5.03.